The third-order valence-corrected chi connectivity index (χ3v) is 6.40. The Morgan fingerprint density at radius 1 is 1.27 bits per heavy atom. The van der Waals surface area contributed by atoms with Crippen molar-refractivity contribution < 1.29 is 14.6 Å². The van der Waals surface area contributed by atoms with Crippen LogP contribution in [0.1, 0.15) is 36.5 Å². The van der Waals surface area contributed by atoms with Crippen LogP contribution in [-0.2, 0) is 20.1 Å². The third kappa shape index (κ3) is 4.62. The van der Waals surface area contributed by atoms with Gasteiger partial charge in [-0.3, -0.25) is 19.7 Å². The summed E-state index contributed by atoms with van der Waals surface area (Å²) in [7, 11) is 10.2. The Kier molecular flexibility index (Phi) is 6.78. The Hall–Kier alpha value is -3.64. The van der Waals surface area contributed by atoms with E-state index in [0.29, 0.717) is 54.8 Å². The molecule has 2 N–H and O–H groups in total. The fourth-order valence-electron chi connectivity index (χ4n) is 4.88. The van der Waals surface area contributed by atoms with Gasteiger partial charge in [0.05, 0.1) is 53.7 Å². The smallest absolute Gasteiger partial charge is 0.240 e. The molecule has 0 aliphatic carbocycles. The molecule has 37 heavy (non-hydrogen) atoms. The molecule has 1 unspecified atom stereocenters. The first-order chi connectivity index (χ1) is 17.8. The van der Waals surface area contributed by atoms with Crippen molar-refractivity contribution in [1.29, 1.82) is 0 Å². The Bertz CT molecular complexity index is 1470. The fraction of sp³-hybridized carbons (Fsp3) is 0.440. The number of H-pyrrole nitrogens is 1. The zero-order valence-electron chi connectivity index (χ0n) is 21.8. The lowest BCUT2D eigenvalue weighted by Crippen LogP contribution is -2.32. The Balaban J connectivity index is 1.73. The van der Waals surface area contributed by atoms with Gasteiger partial charge in [-0.25, -0.2) is 4.68 Å². The number of aliphatic hydroxyl groups excluding tert-OH is 1. The van der Waals surface area contributed by atoms with Crippen molar-refractivity contribution >= 4 is 36.5 Å². The number of nitrogens with one attached hydrogen (secondary N) is 1. The number of ether oxygens (including phenoxy) is 2. The number of aromatic amines is 1. The van der Waals surface area contributed by atoms with Gasteiger partial charge in [0.25, 0.3) is 0 Å². The monoisotopic (exact) mass is 502 g/mol. The second kappa shape index (κ2) is 10.0. The van der Waals surface area contributed by atoms with E-state index in [0.717, 1.165) is 33.6 Å². The summed E-state index contributed by atoms with van der Waals surface area (Å²) >= 11 is 0. The van der Waals surface area contributed by atoms with Gasteiger partial charge in [0.15, 0.2) is 0 Å². The lowest BCUT2D eigenvalue weighted by Gasteiger charge is -2.23. The summed E-state index contributed by atoms with van der Waals surface area (Å²) in [5.74, 6) is 1.15. The van der Waals surface area contributed by atoms with Crippen LogP contribution in [0.3, 0.4) is 0 Å². The highest BCUT2D eigenvalue weighted by Crippen LogP contribution is 2.34. The predicted molar refractivity (Wildman–Crippen MR) is 142 cm³/mol. The number of aryl methyl sites for hydroxylation is 2. The van der Waals surface area contributed by atoms with Crippen molar-refractivity contribution in [3.05, 3.63) is 28.7 Å². The number of aliphatic hydroxyl groups is 1. The van der Waals surface area contributed by atoms with Crippen LogP contribution >= 0.6 is 0 Å². The maximum absolute atomic E-state index is 9.68. The molecule has 12 heteroatoms. The summed E-state index contributed by atoms with van der Waals surface area (Å²) in [5.41, 5.74) is 5.73. The van der Waals surface area contributed by atoms with E-state index in [1.807, 2.05) is 53.1 Å². The topological polar surface area (TPSA) is 119 Å². The first-order valence-corrected chi connectivity index (χ1v) is 12.4. The first kappa shape index (κ1) is 25.0. The second-order valence-electron chi connectivity index (χ2n) is 9.32. The molecule has 11 nitrogen and oxygen atoms in total. The third-order valence-electron chi connectivity index (χ3n) is 6.40. The van der Waals surface area contributed by atoms with E-state index in [9.17, 15) is 5.11 Å². The summed E-state index contributed by atoms with van der Waals surface area (Å²) < 4.78 is 15.9. The minimum atomic E-state index is -0.159. The highest BCUT2D eigenvalue weighted by atomic mass is 16.5. The van der Waals surface area contributed by atoms with Crippen molar-refractivity contribution in [2.75, 3.05) is 26.8 Å². The molecule has 0 saturated carbocycles. The maximum Gasteiger partial charge on any atom is 0.240 e. The molecule has 4 aromatic rings. The van der Waals surface area contributed by atoms with Crippen LogP contribution < -0.4 is 15.1 Å². The molecule has 1 atom stereocenters. The molecule has 192 valence electrons. The van der Waals surface area contributed by atoms with E-state index in [2.05, 4.69) is 30.3 Å². The molecule has 2 bridgehead atoms. The van der Waals surface area contributed by atoms with E-state index >= 15 is 0 Å². The molecule has 0 saturated heterocycles. The molecule has 0 amide bonds. The number of fused-ring (bicyclic) bond motifs is 4. The maximum atomic E-state index is 9.68. The molecule has 5 rings (SSSR count). The number of rotatable bonds is 4. The number of nitrogens with zero attached hydrogens (tertiary/aromatic N) is 7. The van der Waals surface area contributed by atoms with Crippen LogP contribution in [0.25, 0.3) is 34.3 Å². The fourth-order valence-corrected chi connectivity index (χ4v) is 4.88. The number of likely N-dealkylation sites (N-methyl/N-ethyl adjacent to an activating group) is 1. The van der Waals surface area contributed by atoms with Crippen molar-refractivity contribution in [2.45, 2.75) is 40.0 Å². The SMILES string of the molecule is [B]c1nc2cc3c([nH]nc13)/C=C/c1c(OCC)nn(CCO)c1CN(C)CC(C)Oc1c-2c(C)nn1C. The predicted octanol–water partition coefficient (Wildman–Crippen LogP) is 1.43. The molecule has 4 aromatic heterocycles. The summed E-state index contributed by atoms with van der Waals surface area (Å²) in [4.78, 5) is 6.81. The second-order valence-corrected chi connectivity index (χ2v) is 9.32. The lowest BCUT2D eigenvalue weighted by atomic mass is 9.98. The summed E-state index contributed by atoms with van der Waals surface area (Å²) in [6.07, 6.45) is 3.76. The molecule has 5 heterocycles. The quantitative estimate of drug-likeness (QED) is 0.403. The van der Waals surface area contributed by atoms with E-state index < -0.39 is 0 Å². The average Bonchev–Trinajstić information content (AvgIpc) is 3.47. The highest BCUT2D eigenvalue weighted by molar-refractivity contribution is 6.37. The van der Waals surface area contributed by atoms with Crippen LogP contribution in [0.2, 0.25) is 0 Å². The van der Waals surface area contributed by atoms with Crippen molar-refractivity contribution in [2.24, 2.45) is 7.05 Å². The number of hydrogen-bond acceptors (Lipinski definition) is 8. The standard InChI is InChI=1S/C25H31BN8O3/c1-6-36-24-16-7-8-18-17-11-19(27-23(26)22(17)29-28-18)21-15(3)30-33(5)25(21)37-14(2)12-32(4)13-20(16)34(31-24)9-10-35/h7-8,11,14,35H,6,9-10,12-13H2,1-5H3,(H,28,29)/b8-7+. The molecule has 1 aliphatic heterocycles. The van der Waals surface area contributed by atoms with Gasteiger partial charge in [-0.2, -0.15) is 10.2 Å². The minimum Gasteiger partial charge on any atom is -0.476 e. The van der Waals surface area contributed by atoms with Crippen LogP contribution in [0.5, 0.6) is 11.8 Å². The summed E-state index contributed by atoms with van der Waals surface area (Å²) in [6.45, 7) is 7.90. The molecule has 0 spiro atoms. The van der Waals surface area contributed by atoms with Crippen molar-refractivity contribution in [3.8, 4) is 23.0 Å². The zero-order valence-corrected chi connectivity index (χ0v) is 21.8. The van der Waals surface area contributed by atoms with Crippen molar-refractivity contribution in [3.63, 3.8) is 0 Å². The molecular formula is C25H31BN8O3. The molecule has 0 aromatic carbocycles. The molecule has 2 radical (unpaired) electrons. The molecular weight excluding hydrogens is 471 g/mol. The van der Waals surface area contributed by atoms with Gasteiger partial charge >= 0.3 is 0 Å². The number of pyridine rings is 1. The lowest BCUT2D eigenvalue weighted by molar-refractivity contribution is 0.146. The Labute approximate surface area is 216 Å². The minimum absolute atomic E-state index is 0.0323. The van der Waals surface area contributed by atoms with E-state index in [4.69, 9.17) is 17.3 Å². The van der Waals surface area contributed by atoms with Crippen LogP contribution in [-0.4, -0.2) is 85.5 Å². The molecule has 0 fully saturated rings. The average molecular weight is 502 g/mol. The number of aromatic nitrogens is 7. The van der Waals surface area contributed by atoms with E-state index in [1.54, 1.807) is 9.36 Å². The van der Waals surface area contributed by atoms with Gasteiger partial charge in [-0.05, 0) is 46.0 Å². The summed E-state index contributed by atoms with van der Waals surface area (Å²) in [6, 6.07) is 1.96. The van der Waals surface area contributed by atoms with Gasteiger partial charge in [0, 0.05) is 31.1 Å². The van der Waals surface area contributed by atoms with Gasteiger partial charge in [0.1, 0.15) is 19.5 Å². The molecule has 1 aliphatic rings. The largest absolute Gasteiger partial charge is 0.476 e. The zero-order chi connectivity index (χ0) is 26.3. The first-order valence-electron chi connectivity index (χ1n) is 12.4. The Morgan fingerprint density at radius 3 is 2.84 bits per heavy atom. The van der Waals surface area contributed by atoms with Crippen LogP contribution in [0.15, 0.2) is 6.07 Å². The van der Waals surface area contributed by atoms with Gasteiger partial charge < -0.3 is 14.6 Å². The van der Waals surface area contributed by atoms with Crippen LogP contribution in [0.4, 0.5) is 0 Å². The van der Waals surface area contributed by atoms with Gasteiger partial charge in [-0.15, -0.1) is 5.10 Å². The Morgan fingerprint density at radius 2 is 2.08 bits per heavy atom. The highest BCUT2D eigenvalue weighted by Gasteiger charge is 2.24. The summed E-state index contributed by atoms with van der Waals surface area (Å²) in [5, 5.41) is 27.3. The van der Waals surface area contributed by atoms with E-state index in [1.165, 1.54) is 0 Å². The van der Waals surface area contributed by atoms with Gasteiger partial charge in [-0.1, -0.05) is 0 Å². The number of hydrogen-bond donors (Lipinski definition) is 2. The van der Waals surface area contributed by atoms with Gasteiger partial charge in [0.2, 0.25) is 11.8 Å². The normalized spacial score (nSPS) is 17.2. The van der Waals surface area contributed by atoms with E-state index in [-0.39, 0.29) is 12.7 Å². The van der Waals surface area contributed by atoms with Crippen LogP contribution in [0, 0.1) is 6.92 Å². The van der Waals surface area contributed by atoms with Crippen molar-refractivity contribution in [1.82, 2.24) is 39.6 Å².